The van der Waals surface area contributed by atoms with Gasteiger partial charge in [-0.25, -0.2) is 4.79 Å². The van der Waals surface area contributed by atoms with Crippen molar-refractivity contribution in [3.05, 3.63) is 46.3 Å². The van der Waals surface area contributed by atoms with Crippen LogP contribution in [0.2, 0.25) is 0 Å². The fourth-order valence-electron chi connectivity index (χ4n) is 2.04. The van der Waals surface area contributed by atoms with E-state index >= 15 is 0 Å². The van der Waals surface area contributed by atoms with E-state index in [2.05, 4.69) is 0 Å². The second-order valence-electron chi connectivity index (χ2n) is 4.19. The molecule has 108 valence electrons. The minimum atomic E-state index is -3.25. The molecule has 20 heavy (non-hydrogen) atoms. The van der Waals surface area contributed by atoms with Gasteiger partial charge < -0.3 is 13.5 Å². The molecule has 1 heterocycles. The Morgan fingerprint density at radius 3 is 2.45 bits per heavy atom. The average molecular weight is 296 g/mol. The molecule has 2 rings (SSSR count). The summed E-state index contributed by atoms with van der Waals surface area (Å²) in [5.41, 5.74) is 0.606. The van der Waals surface area contributed by atoms with E-state index in [9.17, 15) is 9.36 Å². The molecule has 1 aromatic heterocycles. The lowest BCUT2D eigenvalue weighted by molar-refractivity contribution is 0.219. The van der Waals surface area contributed by atoms with Crippen LogP contribution in [0.4, 0.5) is 0 Å². The van der Waals surface area contributed by atoms with Crippen molar-refractivity contribution in [1.82, 2.24) is 0 Å². The number of benzene rings is 1. The number of rotatable bonds is 6. The normalized spacial score (nSPS) is 11.9. The van der Waals surface area contributed by atoms with E-state index in [1.165, 1.54) is 6.07 Å². The lowest BCUT2D eigenvalue weighted by Crippen LogP contribution is -2.04. The van der Waals surface area contributed by atoms with Crippen LogP contribution in [0.15, 0.2) is 39.5 Å². The van der Waals surface area contributed by atoms with Gasteiger partial charge in [0.1, 0.15) is 5.58 Å². The van der Waals surface area contributed by atoms with E-state index in [0.717, 1.165) is 5.39 Å². The van der Waals surface area contributed by atoms with Gasteiger partial charge in [0.05, 0.1) is 19.4 Å². The Labute approximate surface area is 117 Å². The summed E-state index contributed by atoms with van der Waals surface area (Å²) in [7, 11) is -3.25. The van der Waals surface area contributed by atoms with E-state index < -0.39 is 13.2 Å². The second kappa shape index (κ2) is 6.35. The summed E-state index contributed by atoms with van der Waals surface area (Å²) in [6.07, 6.45) is 0.0563. The molecule has 6 heteroatoms. The highest BCUT2D eigenvalue weighted by Crippen LogP contribution is 2.51. The van der Waals surface area contributed by atoms with E-state index in [4.69, 9.17) is 13.5 Å². The van der Waals surface area contributed by atoms with Gasteiger partial charge in [-0.05, 0) is 25.5 Å². The van der Waals surface area contributed by atoms with Crippen molar-refractivity contribution in [3.63, 3.8) is 0 Å². The Balaban J connectivity index is 2.47. The fraction of sp³-hybridized carbons (Fsp3) is 0.357. The van der Waals surface area contributed by atoms with Gasteiger partial charge in [0.15, 0.2) is 0 Å². The standard InChI is InChI=1S/C14H17O5P/c1-3-17-20(16,18-4-2)10-11-9-14(15)19-13-8-6-5-7-12(11)13/h5-9H,3-4,10H2,1-2H3. The Hall–Kier alpha value is -1.42. The smallest absolute Gasteiger partial charge is 0.336 e. The van der Waals surface area contributed by atoms with Gasteiger partial charge in [-0.1, -0.05) is 18.2 Å². The SMILES string of the molecule is CCOP(=O)(Cc1cc(=O)oc2ccccc12)OCC. The Bertz CT molecular complexity index is 681. The summed E-state index contributed by atoms with van der Waals surface area (Å²) < 4.78 is 28.2. The van der Waals surface area contributed by atoms with Gasteiger partial charge in [-0.3, -0.25) is 4.57 Å². The lowest BCUT2D eigenvalue weighted by atomic mass is 10.1. The minimum Gasteiger partial charge on any atom is -0.423 e. The van der Waals surface area contributed by atoms with Crippen molar-refractivity contribution < 1.29 is 18.0 Å². The molecule has 0 radical (unpaired) electrons. The molecular weight excluding hydrogens is 279 g/mol. The first kappa shape index (κ1) is 15.0. The fourth-order valence-corrected chi connectivity index (χ4v) is 3.76. The molecule has 0 unspecified atom stereocenters. The van der Waals surface area contributed by atoms with Gasteiger partial charge in [-0.2, -0.15) is 0 Å². The van der Waals surface area contributed by atoms with Crippen molar-refractivity contribution in [2.75, 3.05) is 13.2 Å². The molecule has 0 amide bonds. The summed E-state index contributed by atoms with van der Waals surface area (Å²) in [6, 6.07) is 8.47. The first-order chi connectivity index (χ1) is 9.58. The molecule has 0 bridgehead atoms. The van der Waals surface area contributed by atoms with Crippen LogP contribution in [0.1, 0.15) is 19.4 Å². The Morgan fingerprint density at radius 1 is 1.15 bits per heavy atom. The molecule has 1 aromatic carbocycles. The van der Waals surface area contributed by atoms with Gasteiger partial charge >= 0.3 is 13.2 Å². The van der Waals surface area contributed by atoms with Crippen LogP contribution in [0.3, 0.4) is 0 Å². The van der Waals surface area contributed by atoms with Crippen LogP contribution in [-0.2, 0) is 19.8 Å². The number of para-hydroxylation sites is 1. The monoisotopic (exact) mass is 296 g/mol. The zero-order valence-electron chi connectivity index (χ0n) is 11.5. The largest absolute Gasteiger partial charge is 0.423 e. The number of fused-ring (bicyclic) bond motifs is 1. The maximum Gasteiger partial charge on any atom is 0.336 e. The van der Waals surface area contributed by atoms with E-state index in [0.29, 0.717) is 11.1 Å². The molecule has 0 saturated heterocycles. The van der Waals surface area contributed by atoms with Crippen LogP contribution < -0.4 is 5.63 Å². The second-order valence-corrected chi connectivity index (χ2v) is 6.25. The highest BCUT2D eigenvalue weighted by molar-refractivity contribution is 7.53. The van der Waals surface area contributed by atoms with Crippen LogP contribution in [0.25, 0.3) is 11.0 Å². The topological polar surface area (TPSA) is 65.7 Å². The number of hydrogen-bond donors (Lipinski definition) is 0. The molecule has 0 aliphatic heterocycles. The predicted molar refractivity (Wildman–Crippen MR) is 77.0 cm³/mol. The molecule has 0 N–H and O–H groups in total. The Morgan fingerprint density at radius 2 is 1.80 bits per heavy atom. The molecular formula is C14H17O5P. The van der Waals surface area contributed by atoms with Crippen molar-refractivity contribution in [3.8, 4) is 0 Å². The van der Waals surface area contributed by atoms with Crippen molar-refractivity contribution >= 4 is 18.6 Å². The summed E-state index contributed by atoms with van der Waals surface area (Å²) in [6.45, 7) is 4.08. The maximum atomic E-state index is 12.6. The average Bonchev–Trinajstić information content (AvgIpc) is 2.38. The van der Waals surface area contributed by atoms with Crippen molar-refractivity contribution in [1.29, 1.82) is 0 Å². The molecule has 0 aliphatic rings. The zero-order chi connectivity index (χ0) is 14.6. The third-order valence-electron chi connectivity index (χ3n) is 2.75. The van der Waals surface area contributed by atoms with E-state index in [1.54, 1.807) is 26.0 Å². The number of hydrogen-bond acceptors (Lipinski definition) is 5. The van der Waals surface area contributed by atoms with Gasteiger partial charge in [0.25, 0.3) is 0 Å². The lowest BCUT2D eigenvalue weighted by Gasteiger charge is -2.17. The predicted octanol–water partition coefficient (Wildman–Crippen LogP) is 3.56. The quantitative estimate of drug-likeness (QED) is 0.602. The van der Waals surface area contributed by atoms with Crippen LogP contribution in [0.5, 0.6) is 0 Å². The Kier molecular flexibility index (Phi) is 4.76. The molecule has 0 atom stereocenters. The van der Waals surface area contributed by atoms with Gasteiger partial charge in [-0.15, -0.1) is 0 Å². The van der Waals surface area contributed by atoms with Crippen LogP contribution >= 0.6 is 7.60 Å². The molecule has 0 fully saturated rings. The van der Waals surface area contributed by atoms with Crippen LogP contribution in [0, 0.1) is 0 Å². The highest BCUT2D eigenvalue weighted by atomic mass is 31.2. The van der Waals surface area contributed by atoms with E-state index in [-0.39, 0.29) is 19.4 Å². The van der Waals surface area contributed by atoms with Crippen molar-refractivity contribution in [2.45, 2.75) is 20.0 Å². The molecule has 0 aliphatic carbocycles. The summed E-state index contributed by atoms with van der Waals surface area (Å²) in [5.74, 6) is 0. The summed E-state index contributed by atoms with van der Waals surface area (Å²) in [4.78, 5) is 11.6. The first-order valence-corrected chi connectivity index (χ1v) is 8.20. The first-order valence-electron chi connectivity index (χ1n) is 6.48. The molecule has 5 nitrogen and oxygen atoms in total. The maximum absolute atomic E-state index is 12.6. The molecule has 0 saturated carbocycles. The third kappa shape index (κ3) is 3.37. The van der Waals surface area contributed by atoms with Gasteiger partial charge in [0.2, 0.25) is 0 Å². The molecule has 0 spiro atoms. The summed E-state index contributed by atoms with van der Waals surface area (Å²) in [5, 5.41) is 0.742. The summed E-state index contributed by atoms with van der Waals surface area (Å²) >= 11 is 0. The van der Waals surface area contributed by atoms with Crippen molar-refractivity contribution in [2.24, 2.45) is 0 Å². The van der Waals surface area contributed by atoms with E-state index in [1.807, 2.05) is 12.1 Å². The third-order valence-corrected chi connectivity index (χ3v) is 4.78. The van der Waals surface area contributed by atoms with Gasteiger partial charge in [0, 0.05) is 11.5 Å². The zero-order valence-corrected chi connectivity index (χ0v) is 12.4. The van der Waals surface area contributed by atoms with Crippen LogP contribution in [-0.4, -0.2) is 13.2 Å². The highest BCUT2D eigenvalue weighted by Gasteiger charge is 2.25. The molecule has 2 aromatic rings. The minimum absolute atomic E-state index is 0.0563.